The third kappa shape index (κ3) is 22.5. The lowest BCUT2D eigenvalue weighted by atomic mass is 10.2. The number of likely N-dealkylation sites (N-methyl/N-ethyl adjacent to an activating group) is 1. The number of esters is 4. The van der Waals surface area contributed by atoms with Gasteiger partial charge in [-0.05, 0) is 83.1 Å². The van der Waals surface area contributed by atoms with Crippen molar-refractivity contribution in [2.24, 2.45) is 0 Å². The van der Waals surface area contributed by atoms with Crippen molar-refractivity contribution >= 4 is 29.8 Å². The van der Waals surface area contributed by atoms with Crippen LogP contribution in [0.1, 0.15) is 83.1 Å². The molecule has 0 unspecified atom stereocenters. The van der Waals surface area contributed by atoms with Crippen LogP contribution < -0.4 is 0 Å². The lowest BCUT2D eigenvalue weighted by Gasteiger charge is -2.34. The van der Waals surface area contributed by atoms with Crippen LogP contribution in [0, 0.1) is 0 Å². The highest BCUT2D eigenvalue weighted by Gasteiger charge is 2.27. The van der Waals surface area contributed by atoms with Gasteiger partial charge in [-0.1, -0.05) is 0 Å². The summed E-state index contributed by atoms with van der Waals surface area (Å²) in [5.74, 6) is -1.88. The number of nitrogens with zero attached hydrogens (tertiary/aromatic N) is 5. The van der Waals surface area contributed by atoms with E-state index < -0.39 is 28.4 Å². The minimum absolute atomic E-state index is 0.0185. The first-order valence-corrected chi connectivity index (χ1v) is 17.2. The Bertz CT molecular complexity index is 1060. The second kappa shape index (κ2) is 19.0. The Labute approximate surface area is 294 Å². The van der Waals surface area contributed by atoms with Gasteiger partial charge in [0, 0.05) is 59.4 Å². The highest BCUT2D eigenvalue weighted by atomic mass is 16.6. The number of hydrogen-bond donors (Lipinski definition) is 0. The molecule has 0 N–H and O–H groups in total. The summed E-state index contributed by atoms with van der Waals surface area (Å²) in [6, 6.07) is 0. The van der Waals surface area contributed by atoms with Crippen molar-refractivity contribution in [1.29, 1.82) is 0 Å². The first kappa shape index (κ1) is 44.2. The number of amides is 1. The first-order valence-electron chi connectivity index (χ1n) is 17.2. The molecule has 1 fully saturated rings. The summed E-state index contributed by atoms with van der Waals surface area (Å²) in [6.07, 6.45) is 0. The fourth-order valence-electron chi connectivity index (χ4n) is 4.85. The Hall–Kier alpha value is -2.81. The molecule has 1 amide bonds. The van der Waals surface area contributed by atoms with Crippen LogP contribution in [0.3, 0.4) is 0 Å². The van der Waals surface area contributed by atoms with Gasteiger partial charge in [-0.15, -0.1) is 0 Å². The molecule has 0 spiro atoms. The molecule has 14 heteroatoms. The van der Waals surface area contributed by atoms with Crippen LogP contribution in [0.2, 0.25) is 0 Å². The van der Waals surface area contributed by atoms with E-state index in [1.165, 1.54) is 4.90 Å². The monoisotopic (exact) mass is 699 g/mol. The van der Waals surface area contributed by atoms with E-state index >= 15 is 0 Å². The summed E-state index contributed by atoms with van der Waals surface area (Å²) in [4.78, 5) is 73.5. The van der Waals surface area contributed by atoms with Gasteiger partial charge >= 0.3 is 23.9 Å². The van der Waals surface area contributed by atoms with Gasteiger partial charge in [0.05, 0.1) is 26.2 Å². The topological polar surface area (TPSA) is 138 Å². The molecule has 0 aromatic heterocycles. The van der Waals surface area contributed by atoms with Crippen molar-refractivity contribution in [2.45, 2.75) is 105 Å². The molecule has 1 rings (SSSR count). The van der Waals surface area contributed by atoms with Gasteiger partial charge in [0.1, 0.15) is 28.9 Å². The zero-order valence-corrected chi connectivity index (χ0v) is 32.6. The quantitative estimate of drug-likeness (QED) is 0.243. The molecular formula is C35H65N5O9. The lowest BCUT2D eigenvalue weighted by Crippen LogP contribution is -2.51. The third-order valence-corrected chi connectivity index (χ3v) is 6.82. The molecule has 284 valence electrons. The van der Waals surface area contributed by atoms with Gasteiger partial charge in [0.25, 0.3) is 0 Å². The Morgan fingerprint density at radius 3 is 0.898 bits per heavy atom. The van der Waals surface area contributed by atoms with E-state index in [4.69, 9.17) is 18.9 Å². The van der Waals surface area contributed by atoms with E-state index in [0.717, 1.165) is 0 Å². The second-order valence-corrected chi connectivity index (χ2v) is 16.7. The molecule has 1 aliphatic rings. The SMILES string of the molecule is CN(CC(=O)OC(C)(C)C)C(=O)CN1CCN(CC(=O)OC(C)(C)C)CCN(CC(=O)OC(C)(C)C)CCN(CC(=O)OC(C)(C)C)CC1. The summed E-state index contributed by atoms with van der Waals surface area (Å²) in [7, 11) is 1.56. The number of rotatable bonds is 10. The molecule has 0 saturated carbocycles. The third-order valence-electron chi connectivity index (χ3n) is 6.82. The fourth-order valence-corrected chi connectivity index (χ4v) is 4.85. The standard InChI is InChI=1S/C35H65N5O9/c1-32(2,3)46-28(42)23-36(13)27(41)22-37-14-16-38(24-29(43)47-33(4,5)6)18-20-40(26-31(45)49-35(10,11)12)21-19-39(17-15-37)25-30(44)48-34(7,8)9/h14-26H2,1-13H3. The van der Waals surface area contributed by atoms with Gasteiger partial charge in [0.2, 0.25) is 5.91 Å². The van der Waals surface area contributed by atoms with E-state index in [-0.39, 0.29) is 56.5 Å². The highest BCUT2D eigenvalue weighted by Crippen LogP contribution is 2.12. The van der Waals surface area contributed by atoms with Gasteiger partial charge in [-0.2, -0.15) is 0 Å². The van der Waals surface area contributed by atoms with E-state index in [1.807, 2.05) is 81.9 Å². The molecule has 1 heterocycles. The Kier molecular flexibility index (Phi) is 17.1. The maximum Gasteiger partial charge on any atom is 0.326 e. The molecule has 0 bridgehead atoms. The van der Waals surface area contributed by atoms with Gasteiger partial charge in [-0.3, -0.25) is 43.6 Å². The van der Waals surface area contributed by atoms with E-state index in [2.05, 4.69) is 0 Å². The molecule has 49 heavy (non-hydrogen) atoms. The van der Waals surface area contributed by atoms with Crippen LogP contribution in [-0.2, 0) is 42.9 Å². The van der Waals surface area contributed by atoms with E-state index in [0.29, 0.717) is 52.4 Å². The Balaban J connectivity index is 3.28. The van der Waals surface area contributed by atoms with Crippen molar-refractivity contribution < 1.29 is 42.9 Å². The smallest absolute Gasteiger partial charge is 0.326 e. The summed E-state index contributed by atoms with van der Waals surface area (Å²) >= 11 is 0. The van der Waals surface area contributed by atoms with Gasteiger partial charge in [0.15, 0.2) is 0 Å². The van der Waals surface area contributed by atoms with Gasteiger partial charge in [-0.25, -0.2) is 0 Å². The van der Waals surface area contributed by atoms with E-state index in [1.54, 1.807) is 27.8 Å². The Morgan fingerprint density at radius 1 is 0.429 bits per heavy atom. The molecule has 0 aromatic carbocycles. The van der Waals surface area contributed by atoms with E-state index in [9.17, 15) is 24.0 Å². The molecule has 0 atom stereocenters. The van der Waals surface area contributed by atoms with Crippen molar-refractivity contribution in [3.63, 3.8) is 0 Å². The average Bonchev–Trinajstić information content (AvgIpc) is 2.85. The number of hydrogen-bond acceptors (Lipinski definition) is 13. The van der Waals surface area contributed by atoms with Crippen molar-refractivity contribution in [3.05, 3.63) is 0 Å². The van der Waals surface area contributed by atoms with Crippen molar-refractivity contribution in [1.82, 2.24) is 24.5 Å². The Morgan fingerprint density at radius 2 is 0.653 bits per heavy atom. The lowest BCUT2D eigenvalue weighted by molar-refractivity contribution is -0.158. The minimum atomic E-state index is -0.671. The predicted molar refractivity (Wildman–Crippen MR) is 187 cm³/mol. The van der Waals surface area contributed by atoms with Crippen molar-refractivity contribution in [2.75, 3.05) is 92.1 Å². The summed E-state index contributed by atoms with van der Waals surface area (Å²) in [5.41, 5.74) is -2.62. The summed E-state index contributed by atoms with van der Waals surface area (Å²) < 4.78 is 22.2. The average molecular weight is 700 g/mol. The number of carbonyl (C=O) groups excluding carboxylic acids is 5. The van der Waals surface area contributed by atoms with Crippen LogP contribution in [0.5, 0.6) is 0 Å². The zero-order valence-electron chi connectivity index (χ0n) is 32.6. The number of ether oxygens (including phenoxy) is 4. The largest absolute Gasteiger partial charge is 0.459 e. The molecular weight excluding hydrogens is 634 g/mol. The normalized spacial score (nSPS) is 17.3. The van der Waals surface area contributed by atoms with Crippen LogP contribution in [-0.4, -0.2) is 169 Å². The maximum atomic E-state index is 13.3. The highest BCUT2D eigenvalue weighted by molar-refractivity contribution is 5.83. The number of carbonyl (C=O) groups is 5. The predicted octanol–water partition coefficient (Wildman–Crippen LogP) is 2.03. The van der Waals surface area contributed by atoms with Crippen LogP contribution in [0.4, 0.5) is 0 Å². The van der Waals surface area contributed by atoms with Gasteiger partial charge < -0.3 is 23.8 Å². The second-order valence-electron chi connectivity index (χ2n) is 16.7. The molecule has 1 saturated heterocycles. The zero-order chi connectivity index (χ0) is 37.8. The van der Waals surface area contributed by atoms with Crippen LogP contribution in [0.25, 0.3) is 0 Å². The molecule has 14 nitrogen and oxygen atoms in total. The molecule has 0 aromatic rings. The first-order chi connectivity index (χ1) is 22.2. The summed E-state index contributed by atoms with van der Waals surface area (Å²) in [6.45, 7) is 25.0. The molecule has 0 aliphatic carbocycles. The maximum absolute atomic E-state index is 13.3. The van der Waals surface area contributed by atoms with Crippen molar-refractivity contribution in [3.8, 4) is 0 Å². The molecule has 0 radical (unpaired) electrons. The van der Waals surface area contributed by atoms with Crippen LogP contribution in [0.15, 0.2) is 0 Å². The summed E-state index contributed by atoms with van der Waals surface area (Å²) in [5, 5.41) is 0. The fraction of sp³-hybridized carbons (Fsp3) is 0.857. The van der Waals surface area contributed by atoms with Crippen LogP contribution >= 0.6 is 0 Å². The minimum Gasteiger partial charge on any atom is -0.459 e. The molecule has 1 aliphatic heterocycles.